The van der Waals surface area contributed by atoms with Gasteiger partial charge in [0.05, 0.1) is 0 Å². The van der Waals surface area contributed by atoms with E-state index >= 15 is 0 Å². The van der Waals surface area contributed by atoms with Gasteiger partial charge >= 0.3 is 0 Å². The highest BCUT2D eigenvalue weighted by molar-refractivity contribution is 7.12. The number of thiophene rings is 1. The molecule has 0 aliphatic heterocycles. The highest BCUT2D eigenvalue weighted by Gasteiger charge is 2.15. The second kappa shape index (κ2) is 7.27. The molecule has 0 amide bonds. The minimum absolute atomic E-state index is 0.457. The van der Waals surface area contributed by atoms with Gasteiger partial charge < -0.3 is 10.2 Å². The molecule has 2 unspecified atom stereocenters. The number of nitrogens with one attached hydrogen (secondary N) is 1. The monoisotopic (exact) mass is 268 g/mol. The Morgan fingerprint density at radius 3 is 2.33 bits per heavy atom. The molecule has 0 aromatic carbocycles. The third kappa shape index (κ3) is 5.09. The van der Waals surface area contributed by atoms with Crippen molar-refractivity contribution in [2.75, 3.05) is 20.6 Å². The standard InChI is InChI=1S/C15H28N2S/c1-11(2)9-14(17(5)6)10-16-13(4)15-8-7-12(3)18-15/h7-8,11,13-14,16H,9-10H2,1-6H3. The molecule has 104 valence electrons. The number of rotatable bonds is 7. The summed E-state index contributed by atoms with van der Waals surface area (Å²) in [5, 5.41) is 3.67. The van der Waals surface area contributed by atoms with Crippen molar-refractivity contribution in [3.05, 3.63) is 21.9 Å². The highest BCUT2D eigenvalue weighted by Crippen LogP contribution is 2.22. The minimum atomic E-state index is 0.457. The lowest BCUT2D eigenvalue weighted by molar-refractivity contribution is 0.242. The van der Waals surface area contributed by atoms with Crippen LogP contribution in [0.25, 0.3) is 0 Å². The maximum Gasteiger partial charge on any atom is 0.0386 e. The molecule has 0 fully saturated rings. The first kappa shape index (κ1) is 15.7. The van der Waals surface area contributed by atoms with E-state index < -0.39 is 0 Å². The minimum Gasteiger partial charge on any atom is -0.308 e. The van der Waals surface area contributed by atoms with Gasteiger partial charge in [0.25, 0.3) is 0 Å². The summed E-state index contributed by atoms with van der Waals surface area (Å²) in [6.07, 6.45) is 1.25. The van der Waals surface area contributed by atoms with Crippen molar-refractivity contribution >= 4 is 11.3 Å². The van der Waals surface area contributed by atoms with Crippen molar-refractivity contribution in [1.29, 1.82) is 0 Å². The first-order chi connectivity index (χ1) is 8.40. The summed E-state index contributed by atoms with van der Waals surface area (Å²) in [4.78, 5) is 5.17. The average Bonchev–Trinajstić information content (AvgIpc) is 2.69. The second-order valence-electron chi connectivity index (χ2n) is 5.83. The molecule has 0 saturated carbocycles. The molecule has 1 rings (SSSR count). The molecular formula is C15H28N2S. The molecule has 0 saturated heterocycles. The van der Waals surface area contributed by atoms with E-state index in [4.69, 9.17) is 0 Å². The Kier molecular flexibility index (Phi) is 6.33. The fourth-order valence-electron chi connectivity index (χ4n) is 2.12. The van der Waals surface area contributed by atoms with Gasteiger partial charge in [-0.3, -0.25) is 0 Å². The van der Waals surface area contributed by atoms with Gasteiger partial charge in [-0.2, -0.15) is 0 Å². The molecule has 1 N–H and O–H groups in total. The van der Waals surface area contributed by atoms with Crippen molar-refractivity contribution in [3.63, 3.8) is 0 Å². The van der Waals surface area contributed by atoms with E-state index in [9.17, 15) is 0 Å². The lowest BCUT2D eigenvalue weighted by Gasteiger charge is -2.27. The van der Waals surface area contributed by atoms with Crippen LogP contribution in [0.4, 0.5) is 0 Å². The number of hydrogen-bond donors (Lipinski definition) is 1. The molecule has 0 aliphatic carbocycles. The third-order valence-electron chi connectivity index (χ3n) is 3.32. The van der Waals surface area contributed by atoms with Crippen molar-refractivity contribution in [2.45, 2.75) is 46.2 Å². The topological polar surface area (TPSA) is 15.3 Å². The van der Waals surface area contributed by atoms with Gasteiger partial charge in [0.15, 0.2) is 0 Å². The number of aryl methyl sites for hydroxylation is 1. The van der Waals surface area contributed by atoms with Crippen LogP contribution in [0.1, 0.15) is 43.0 Å². The lowest BCUT2D eigenvalue weighted by Crippen LogP contribution is -2.39. The van der Waals surface area contributed by atoms with E-state index in [0.717, 1.165) is 12.5 Å². The molecule has 1 heterocycles. The van der Waals surface area contributed by atoms with Gasteiger partial charge in [-0.15, -0.1) is 11.3 Å². The largest absolute Gasteiger partial charge is 0.308 e. The molecule has 0 spiro atoms. The maximum absolute atomic E-state index is 3.67. The molecule has 0 bridgehead atoms. The Bertz CT molecular complexity index is 344. The summed E-state index contributed by atoms with van der Waals surface area (Å²) in [5.74, 6) is 0.749. The molecule has 2 atom stereocenters. The fraction of sp³-hybridized carbons (Fsp3) is 0.733. The second-order valence-corrected chi connectivity index (χ2v) is 7.14. The van der Waals surface area contributed by atoms with E-state index in [0.29, 0.717) is 12.1 Å². The summed E-state index contributed by atoms with van der Waals surface area (Å²) >= 11 is 1.89. The Hall–Kier alpha value is -0.380. The van der Waals surface area contributed by atoms with Crippen molar-refractivity contribution < 1.29 is 0 Å². The number of hydrogen-bond acceptors (Lipinski definition) is 3. The molecule has 0 radical (unpaired) electrons. The van der Waals surface area contributed by atoms with E-state index in [1.807, 2.05) is 11.3 Å². The highest BCUT2D eigenvalue weighted by atomic mass is 32.1. The Labute approximate surface area is 116 Å². The van der Waals surface area contributed by atoms with Crippen molar-refractivity contribution in [1.82, 2.24) is 10.2 Å². The maximum atomic E-state index is 3.67. The van der Waals surface area contributed by atoms with Gasteiger partial charge in [0, 0.05) is 28.4 Å². The SMILES string of the molecule is Cc1ccc(C(C)NCC(CC(C)C)N(C)C)s1. The molecule has 3 heteroatoms. The van der Waals surface area contributed by atoms with Crippen molar-refractivity contribution in [3.8, 4) is 0 Å². The number of likely N-dealkylation sites (N-methyl/N-ethyl adjacent to an activating group) is 1. The molecule has 2 nitrogen and oxygen atoms in total. The molecule has 0 aliphatic rings. The summed E-state index contributed by atoms with van der Waals surface area (Å²) in [5.41, 5.74) is 0. The molecule has 18 heavy (non-hydrogen) atoms. The molecule has 1 aromatic rings. The normalized spacial score (nSPS) is 15.3. The van der Waals surface area contributed by atoms with Gasteiger partial charge in [-0.25, -0.2) is 0 Å². The summed E-state index contributed by atoms with van der Waals surface area (Å²) < 4.78 is 0. The Morgan fingerprint density at radius 2 is 1.89 bits per heavy atom. The predicted octanol–water partition coefficient (Wildman–Crippen LogP) is 3.68. The van der Waals surface area contributed by atoms with Crippen LogP contribution in [0.5, 0.6) is 0 Å². The van der Waals surface area contributed by atoms with Crippen LogP contribution in [0.2, 0.25) is 0 Å². The summed E-state index contributed by atoms with van der Waals surface area (Å²) in [6.45, 7) is 10.1. The summed E-state index contributed by atoms with van der Waals surface area (Å²) in [7, 11) is 4.35. The lowest BCUT2D eigenvalue weighted by atomic mass is 10.0. The quantitative estimate of drug-likeness (QED) is 0.811. The zero-order valence-corrected chi connectivity index (χ0v) is 13.5. The zero-order valence-electron chi connectivity index (χ0n) is 12.7. The van der Waals surface area contributed by atoms with Crippen LogP contribution in [0.3, 0.4) is 0 Å². The van der Waals surface area contributed by atoms with Gasteiger partial charge in [-0.05, 0) is 52.4 Å². The Morgan fingerprint density at radius 1 is 1.22 bits per heavy atom. The number of nitrogens with zero attached hydrogens (tertiary/aromatic N) is 1. The van der Waals surface area contributed by atoms with Crippen LogP contribution >= 0.6 is 11.3 Å². The van der Waals surface area contributed by atoms with Gasteiger partial charge in [-0.1, -0.05) is 13.8 Å². The van der Waals surface area contributed by atoms with Crippen LogP contribution < -0.4 is 5.32 Å². The smallest absolute Gasteiger partial charge is 0.0386 e. The van der Waals surface area contributed by atoms with E-state index in [1.165, 1.54) is 16.2 Å². The van der Waals surface area contributed by atoms with Crippen LogP contribution in [-0.2, 0) is 0 Å². The zero-order chi connectivity index (χ0) is 13.7. The van der Waals surface area contributed by atoms with Gasteiger partial charge in [0.2, 0.25) is 0 Å². The molecular weight excluding hydrogens is 240 g/mol. The fourth-order valence-corrected chi connectivity index (χ4v) is 3.02. The van der Waals surface area contributed by atoms with E-state index in [-0.39, 0.29) is 0 Å². The predicted molar refractivity (Wildman–Crippen MR) is 82.4 cm³/mol. The van der Waals surface area contributed by atoms with E-state index in [2.05, 4.69) is 64.1 Å². The van der Waals surface area contributed by atoms with Crippen LogP contribution in [0, 0.1) is 12.8 Å². The first-order valence-electron chi connectivity index (χ1n) is 6.86. The molecule has 1 aromatic heterocycles. The van der Waals surface area contributed by atoms with Gasteiger partial charge in [0.1, 0.15) is 0 Å². The first-order valence-corrected chi connectivity index (χ1v) is 7.68. The van der Waals surface area contributed by atoms with E-state index in [1.54, 1.807) is 0 Å². The Balaban J connectivity index is 2.46. The summed E-state index contributed by atoms with van der Waals surface area (Å²) in [6, 6.07) is 5.52. The van der Waals surface area contributed by atoms with Crippen LogP contribution in [-0.4, -0.2) is 31.6 Å². The van der Waals surface area contributed by atoms with Crippen LogP contribution in [0.15, 0.2) is 12.1 Å². The van der Waals surface area contributed by atoms with Crippen molar-refractivity contribution in [2.24, 2.45) is 5.92 Å². The third-order valence-corrected chi connectivity index (χ3v) is 4.50. The average molecular weight is 268 g/mol.